The summed E-state index contributed by atoms with van der Waals surface area (Å²) >= 11 is 0. The Morgan fingerprint density at radius 1 is 1.23 bits per heavy atom. The number of aryl methyl sites for hydroxylation is 1. The number of aromatic amines is 1. The summed E-state index contributed by atoms with van der Waals surface area (Å²) in [5.74, 6) is 1.29. The van der Waals surface area contributed by atoms with Crippen LogP contribution in [0, 0.1) is 12.7 Å². The van der Waals surface area contributed by atoms with Crippen LogP contribution in [0.1, 0.15) is 11.3 Å². The van der Waals surface area contributed by atoms with Crippen molar-refractivity contribution >= 4 is 22.8 Å². The molecule has 2 N–H and O–H groups in total. The van der Waals surface area contributed by atoms with Crippen LogP contribution in [0.15, 0.2) is 30.3 Å². The minimum atomic E-state index is -0.173. The summed E-state index contributed by atoms with van der Waals surface area (Å²) in [5, 5.41) is 4.31. The summed E-state index contributed by atoms with van der Waals surface area (Å²) in [6.07, 6.45) is 0.592. The fourth-order valence-corrected chi connectivity index (χ4v) is 3.19. The highest BCUT2D eigenvalue weighted by Crippen LogP contribution is 2.25. The lowest BCUT2D eigenvalue weighted by molar-refractivity contribution is 0.122. The van der Waals surface area contributed by atoms with Gasteiger partial charge in [-0.15, -0.1) is 0 Å². The maximum atomic E-state index is 13.8. The number of anilines is 2. The monoisotopic (exact) mass is 355 g/mol. The molecule has 7 heteroatoms. The SMILES string of the molecule is Cc1cc2c(NCCc3ccccc3F)nc(N3CCOCC3)nc2[nH]1. The molecule has 136 valence electrons. The fraction of sp³-hybridized carbons (Fsp3) is 0.368. The van der Waals surface area contributed by atoms with Crippen LogP contribution in [0.3, 0.4) is 0 Å². The second-order valence-corrected chi connectivity index (χ2v) is 6.45. The second kappa shape index (κ2) is 7.29. The summed E-state index contributed by atoms with van der Waals surface area (Å²) in [7, 11) is 0. The van der Waals surface area contributed by atoms with Crippen molar-refractivity contribution in [2.24, 2.45) is 0 Å². The van der Waals surface area contributed by atoms with E-state index in [2.05, 4.69) is 20.2 Å². The quantitative estimate of drug-likeness (QED) is 0.737. The highest BCUT2D eigenvalue weighted by atomic mass is 19.1. The molecule has 26 heavy (non-hydrogen) atoms. The van der Waals surface area contributed by atoms with Crippen LogP contribution < -0.4 is 10.2 Å². The zero-order chi connectivity index (χ0) is 17.9. The van der Waals surface area contributed by atoms with E-state index in [0.29, 0.717) is 37.7 Å². The van der Waals surface area contributed by atoms with Gasteiger partial charge in [0.25, 0.3) is 0 Å². The maximum absolute atomic E-state index is 13.8. The van der Waals surface area contributed by atoms with Gasteiger partial charge in [-0.2, -0.15) is 9.97 Å². The summed E-state index contributed by atoms with van der Waals surface area (Å²) in [6, 6.07) is 8.89. The molecule has 2 aromatic heterocycles. The number of morpholine rings is 1. The van der Waals surface area contributed by atoms with Gasteiger partial charge in [0.15, 0.2) is 0 Å². The first-order chi connectivity index (χ1) is 12.7. The van der Waals surface area contributed by atoms with Crippen molar-refractivity contribution in [2.45, 2.75) is 13.3 Å². The van der Waals surface area contributed by atoms with Gasteiger partial charge in [-0.25, -0.2) is 4.39 Å². The molecule has 3 heterocycles. The number of fused-ring (bicyclic) bond motifs is 1. The average Bonchev–Trinajstić information content (AvgIpc) is 3.04. The molecule has 1 fully saturated rings. The number of hydrogen-bond donors (Lipinski definition) is 2. The van der Waals surface area contributed by atoms with Gasteiger partial charge in [0.05, 0.1) is 18.6 Å². The first-order valence-corrected chi connectivity index (χ1v) is 8.88. The van der Waals surface area contributed by atoms with Crippen LogP contribution in [0.25, 0.3) is 11.0 Å². The van der Waals surface area contributed by atoms with Crippen molar-refractivity contribution in [3.05, 3.63) is 47.4 Å². The van der Waals surface area contributed by atoms with E-state index in [1.54, 1.807) is 6.07 Å². The number of benzene rings is 1. The highest BCUT2D eigenvalue weighted by Gasteiger charge is 2.17. The molecule has 1 aliphatic heterocycles. The Kier molecular flexibility index (Phi) is 4.71. The molecular weight excluding hydrogens is 333 g/mol. The normalized spacial score (nSPS) is 14.8. The number of nitrogens with zero attached hydrogens (tertiary/aromatic N) is 3. The van der Waals surface area contributed by atoms with Crippen LogP contribution in [-0.4, -0.2) is 47.8 Å². The van der Waals surface area contributed by atoms with Gasteiger partial charge >= 0.3 is 0 Å². The van der Waals surface area contributed by atoms with Crippen LogP contribution >= 0.6 is 0 Å². The van der Waals surface area contributed by atoms with Crippen molar-refractivity contribution in [3.8, 4) is 0 Å². The van der Waals surface area contributed by atoms with E-state index in [4.69, 9.17) is 9.72 Å². The van der Waals surface area contributed by atoms with Gasteiger partial charge in [-0.05, 0) is 31.0 Å². The number of halogens is 1. The van der Waals surface area contributed by atoms with Gasteiger partial charge in [0, 0.05) is 25.3 Å². The molecular formula is C19H22FN5O. The minimum Gasteiger partial charge on any atom is -0.378 e. The first kappa shape index (κ1) is 16.8. The average molecular weight is 355 g/mol. The zero-order valence-electron chi connectivity index (χ0n) is 14.8. The predicted octanol–water partition coefficient (Wildman–Crippen LogP) is 2.90. The highest BCUT2D eigenvalue weighted by molar-refractivity contribution is 5.89. The topological polar surface area (TPSA) is 66.1 Å². The Morgan fingerprint density at radius 3 is 2.85 bits per heavy atom. The van der Waals surface area contributed by atoms with Gasteiger partial charge in [0.1, 0.15) is 17.3 Å². The van der Waals surface area contributed by atoms with E-state index < -0.39 is 0 Å². The van der Waals surface area contributed by atoms with Gasteiger partial charge in [0.2, 0.25) is 5.95 Å². The standard InChI is InChI=1S/C19H22FN5O/c1-13-12-15-17(21-7-6-14-4-2-3-5-16(14)20)23-19(24-18(15)22-13)25-8-10-26-11-9-25/h2-5,12H,6-11H2,1H3,(H2,21,22,23,24). The van der Waals surface area contributed by atoms with E-state index in [1.165, 1.54) is 6.07 Å². The Hall–Kier alpha value is -2.67. The lowest BCUT2D eigenvalue weighted by Crippen LogP contribution is -2.37. The number of hydrogen-bond acceptors (Lipinski definition) is 5. The van der Waals surface area contributed by atoms with E-state index in [0.717, 1.165) is 35.6 Å². The number of ether oxygens (including phenoxy) is 1. The van der Waals surface area contributed by atoms with Crippen molar-refractivity contribution in [2.75, 3.05) is 43.1 Å². The smallest absolute Gasteiger partial charge is 0.229 e. The number of rotatable bonds is 5. The molecule has 0 saturated carbocycles. The third-order valence-electron chi connectivity index (χ3n) is 4.55. The molecule has 6 nitrogen and oxygen atoms in total. The molecule has 4 rings (SSSR count). The lowest BCUT2D eigenvalue weighted by atomic mass is 10.1. The Balaban J connectivity index is 1.57. The molecule has 1 aliphatic rings. The number of H-pyrrole nitrogens is 1. The maximum Gasteiger partial charge on any atom is 0.229 e. The van der Waals surface area contributed by atoms with Crippen LogP contribution in [0.4, 0.5) is 16.2 Å². The van der Waals surface area contributed by atoms with E-state index in [9.17, 15) is 4.39 Å². The third kappa shape index (κ3) is 3.48. The summed E-state index contributed by atoms with van der Waals surface area (Å²) in [6.45, 7) is 5.52. The Bertz CT molecular complexity index is 904. The Labute approximate surface area is 151 Å². The van der Waals surface area contributed by atoms with E-state index in [1.807, 2.05) is 25.1 Å². The zero-order valence-corrected chi connectivity index (χ0v) is 14.8. The summed E-state index contributed by atoms with van der Waals surface area (Å²) in [4.78, 5) is 14.8. The van der Waals surface area contributed by atoms with Gasteiger partial charge in [-0.3, -0.25) is 0 Å². The van der Waals surface area contributed by atoms with Crippen molar-refractivity contribution in [1.82, 2.24) is 15.0 Å². The fourth-order valence-electron chi connectivity index (χ4n) is 3.19. The van der Waals surface area contributed by atoms with Crippen molar-refractivity contribution < 1.29 is 9.13 Å². The first-order valence-electron chi connectivity index (χ1n) is 8.88. The number of nitrogens with one attached hydrogen (secondary N) is 2. The molecule has 0 bridgehead atoms. The Morgan fingerprint density at radius 2 is 2.04 bits per heavy atom. The van der Waals surface area contributed by atoms with Crippen LogP contribution in [-0.2, 0) is 11.2 Å². The molecule has 0 radical (unpaired) electrons. The molecule has 0 unspecified atom stereocenters. The summed E-state index contributed by atoms with van der Waals surface area (Å²) in [5.41, 5.74) is 2.54. The van der Waals surface area contributed by atoms with E-state index in [-0.39, 0.29) is 5.82 Å². The third-order valence-corrected chi connectivity index (χ3v) is 4.55. The minimum absolute atomic E-state index is 0.173. The lowest BCUT2D eigenvalue weighted by Gasteiger charge is -2.27. The molecule has 3 aromatic rings. The molecule has 0 aliphatic carbocycles. The van der Waals surface area contributed by atoms with Crippen molar-refractivity contribution in [1.29, 1.82) is 0 Å². The van der Waals surface area contributed by atoms with Gasteiger partial charge < -0.3 is 19.9 Å². The molecule has 0 spiro atoms. The molecule has 1 saturated heterocycles. The molecule has 0 amide bonds. The largest absolute Gasteiger partial charge is 0.378 e. The van der Waals surface area contributed by atoms with Crippen molar-refractivity contribution in [3.63, 3.8) is 0 Å². The van der Waals surface area contributed by atoms with Gasteiger partial charge in [-0.1, -0.05) is 18.2 Å². The summed E-state index contributed by atoms with van der Waals surface area (Å²) < 4.78 is 19.2. The van der Waals surface area contributed by atoms with E-state index >= 15 is 0 Å². The molecule has 1 aromatic carbocycles. The second-order valence-electron chi connectivity index (χ2n) is 6.45. The molecule has 0 atom stereocenters. The predicted molar refractivity (Wildman–Crippen MR) is 100 cm³/mol. The number of aromatic nitrogens is 3. The van der Waals surface area contributed by atoms with Crippen LogP contribution in [0.2, 0.25) is 0 Å². The van der Waals surface area contributed by atoms with Crippen LogP contribution in [0.5, 0.6) is 0 Å².